The van der Waals surface area contributed by atoms with Gasteiger partial charge in [-0.25, -0.2) is 4.39 Å². The summed E-state index contributed by atoms with van der Waals surface area (Å²) in [6.07, 6.45) is 5.09. The summed E-state index contributed by atoms with van der Waals surface area (Å²) in [6.45, 7) is 1.61. The monoisotopic (exact) mass is 414 g/mol. The molecule has 6 nitrogen and oxygen atoms in total. The maximum Gasteiger partial charge on any atom is 0.161 e. The van der Waals surface area contributed by atoms with Gasteiger partial charge in [0.1, 0.15) is 12.4 Å². The van der Waals surface area contributed by atoms with Crippen LogP contribution in [-0.4, -0.2) is 48.4 Å². The van der Waals surface area contributed by atoms with E-state index in [-0.39, 0.29) is 6.61 Å². The summed E-state index contributed by atoms with van der Waals surface area (Å²) in [5, 5.41) is 9.76. The number of aliphatic hydroxyl groups is 1. The van der Waals surface area contributed by atoms with E-state index in [4.69, 9.17) is 16.3 Å². The van der Waals surface area contributed by atoms with Crippen molar-refractivity contribution in [2.24, 2.45) is 0 Å². The predicted molar refractivity (Wildman–Crippen MR) is 112 cm³/mol. The first-order chi connectivity index (χ1) is 14.1. The average Bonchev–Trinajstić information content (AvgIpc) is 2.75. The number of aromatic nitrogens is 2. The highest BCUT2D eigenvalue weighted by atomic mass is 35.5. The molecule has 0 aliphatic carbocycles. The lowest BCUT2D eigenvalue weighted by molar-refractivity contribution is 0.304. The average molecular weight is 415 g/mol. The Morgan fingerprint density at radius 2 is 2.10 bits per heavy atom. The highest BCUT2D eigenvalue weighted by Gasteiger charge is 2.24. The van der Waals surface area contributed by atoms with E-state index in [1.165, 1.54) is 12.1 Å². The molecule has 0 saturated carbocycles. The van der Waals surface area contributed by atoms with Gasteiger partial charge in [-0.1, -0.05) is 11.6 Å². The molecule has 29 heavy (non-hydrogen) atoms. The maximum absolute atomic E-state index is 14.4. The SMILES string of the molecule is CN(CCO)c1cnccc1N1CCOc2cnc(-c3cc(Cl)ccc3F)cc21. The van der Waals surface area contributed by atoms with Gasteiger partial charge in [0.25, 0.3) is 0 Å². The molecule has 1 aromatic carbocycles. The zero-order valence-corrected chi connectivity index (χ0v) is 16.6. The molecular weight excluding hydrogens is 395 g/mol. The van der Waals surface area contributed by atoms with Crippen molar-refractivity contribution in [3.8, 4) is 17.0 Å². The van der Waals surface area contributed by atoms with Crippen molar-refractivity contribution in [3.63, 3.8) is 0 Å². The van der Waals surface area contributed by atoms with Gasteiger partial charge in [-0.15, -0.1) is 0 Å². The standard InChI is InChI=1S/C21H20ClFN4O2/c1-26(6-8-28)20-12-24-5-4-18(20)27-7-9-29-21-13-25-17(11-19(21)27)15-10-14(22)2-3-16(15)23/h2-5,10-13,28H,6-9H2,1H3. The summed E-state index contributed by atoms with van der Waals surface area (Å²) in [6, 6.07) is 8.12. The van der Waals surface area contributed by atoms with Crippen LogP contribution in [0.4, 0.5) is 21.5 Å². The molecule has 0 bridgehead atoms. The number of hydrogen-bond donors (Lipinski definition) is 1. The quantitative estimate of drug-likeness (QED) is 0.683. The summed E-state index contributed by atoms with van der Waals surface area (Å²) in [4.78, 5) is 12.6. The Kier molecular flexibility index (Phi) is 5.51. The fourth-order valence-corrected chi connectivity index (χ4v) is 3.56. The lowest BCUT2D eigenvalue weighted by Gasteiger charge is -2.34. The Bertz CT molecular complexity index is 1030. The smallest absolute Gasteiger partial charge is 0.161 e. The topological polar surface area (TPSA) is 61.7 Å². The van der Waals surface area contributed by atoms with Crippen molar-refractivity contribution >= 4 is 28.7 Å². The van der Waals surface area contributed by atoms with E-state index in [0.717, 1.165) is 17.1 Å². The summed E-state index contributed by atoms with van der Waals surface area (Å²) in [5.41, 5.74) is 3.38. The highest BCUT2D eigenvalue weighted by molar-refractivity contribution is 6.30. The van der Waals surface area contributed by atoms with Gasteiger partial charge in [0.15, 0.2) is 5.75 Å². The molecule has 8 heteroatoms. The van der Waals surface area contributed by atoms with Crippen LogP contribution in [0.3, 0.4) is 0 Å². The molecule has 0 amide bonds. The zero-order chi connectivity index (χ0) is 20.4. The van der Waals surface area contributed by atoms with E-state index in [2.05, 4.69) is 14.9 Å². The molecule has 0 fully saturated rings. The second kappa shape index (κ2) is 8.23. The number of pyridine rings is 2. The third-order valence-electron chi connectivity index (χ3n) is 4.83. The molecule has 0 unspecified atom stereocenters. The summed E-state index contributed by atoms with van der Waals surface area (Å²) < 4.78 is 20.2. The van der Waals surface area contributed by atoms with E-state index in [1.807, 2.05) is 18.0 Å². The van der Waals surface area contributed by atoms with Crippen LogP contribution in [0.5, 0.6) is 5.75 Å². The van der Waals surface area contributed by atoms with E-state index >= 15 is 0 Å². The van der Waals surface area contributed by atoms with Crippen molar-refractivity contribution < 1.29 is 14.2 Å². The minimum absolute atomic E-state index is 0.0344. The summed E-state index contributed by atoms with van der Waals surface area (Å²) in [5.74, 6) is 0.229. The molecule has 0 spiro atoms. The summed E-state index contributed by atoms with van der Waals surface area (Å²) >= 11 is 6.06. The van der Waals surface area contributed by atoms with Gasteiger partial charge in [0.05, 0.1) is 48.3 Å². The number of ether oxygens (including phenoxy) is 1. The van der Waals surface area contributed by atoms with Crippen LogP contribution in [-0.2, 0) is 0 Å². The second-order valence-electron chi connectivity index (χ2n) is 6.67. The van der Waals surface area contributed by atoms with E-state index in [9.17, 15) is 9.50 Å². The van der Waals surface area contributed by atoms with Crippen molar-refractivity contribution in [2.45, 2.75) is 0 Å². The molecule has 0 saturated heterocycles. The molecule has 1 aliphatic heterocycles. The fraction of sp³-hybridized carbons (Fsp3) is 0.238. The number of halogens is 2. The number of hydrogen-bond acceptors (Lipinski definition) is 6. The van der Waals surface area contributed by atoms with E-state index in [0.29, 0.717) is 41.7 Å². The Hall–Kier alpha value is -2.90. The molecule has 150 valence electrons. The maximum atomic E-state index is 14.4. The molecular formula is C21H20ClFN4O2. The van der Waals surface area contributed by atoms with Crippen molar-refractivity contribution in [1.82, 2.24) is 9.97 Å². The van der Waals surface area contributed by atoms with Crippen LogP contribution in [0, 0.1) is 5.82 Å². The first-order valence-corrected chi connectivity index (χ1v) is 9.58. The number of anilines is 3. The van der Waals surface area contributed by atoms with Crippen molar-refractivity contribution in [2.75, 3.05) is 43.2 Å². The normalized spacial score (nSPS) is 13.0. The molecule has 1 N–H and O–H groups in total. The first-order valence-electron chi connectivity index (χ1n) is 9.20. The molecule has 1 aliphatic rings. The van der Waals surface area contributed by atoms with E-state index < -0.39 is 5.82 Å². The molecule has 2 aromatic heterocycles. The largest absolute Gasteiger partial charge is 0.488 e. The van der Waals surface area contributed by atoms with Crippen LogP contribution in [0.1, 0.15) is 0 Å². The highest BCUT2D eigenvalue weighted by Crippen LogP contribution is 2.41. The Morgan fingerprint density at radius 3 is 2.93 bits per heavy atom. The van der Waals surface area contributed by atoms with Crippen molar-refractivity contribution in [3.05, 3.63) is 59.8 Å². The lowest BCUT2D eigenvalue weighted by atomic mass is 10.1. The van der Waals surface area contributed by atoms with Gasteiger partial charge in [-0.3, -0.25) is 9.97 Å². The number of aliphatic hydroxyl groups excluding tert-OH is 1. The molecule has 3 aromatic rings. The zero-order valence-electron chi connectivity index (χ0n) is 15.8. The minimum Gasteiger partial charge on any atom is -0.488 e. The Labute approximate surface area is 173 Å². The van der Waals surface area contributed by atoms with Gasteiger partial charge in [-0.2, -0.15) is 0 Å². The second-order valence-corrected chi connectivity index (χ2v) is 7.11. The van der Waals surface area contributed by atoms with Crippen molar-refractivity contribution in [1.29, 1.82) is 0 Å². The van der Waals surface area contributed by atoms with Crippen LogP contribution < -0.4 is 14.5 Å². The minimum atomic E-state index is -0.391. The van der Waals surface area contributed by atoms with Gasteiger partial charge in [0, 0.05) is 30.4 Å². The fourth-order valence-electron chi connectivity index (χ4n) is 3.38. The van der Waals surface area contributed by atoms with Crippen LogP contribution in [0.25, 0.3) is 11.3 Å². The third-order valence-corrected chi connectivity index (χ3v) is 5.06. The van der Waals surface area contributed by atoms with Crippen LogP contribution in [0.15, 0.2) is 48.9 Å². The number of rotatable bonds is 5. The first kappa shape index (κ1) is 19.4. The van der Waals surface area contributed by atoms with Gasteiger partial charge in [-0.05, 0) is 30.3 Å². The number of fused-ring (bicyclic) bond motifs is 1. The Morgan fingerprint density at radius 1 is 1.24 bits per heavy atom. The number of likely N-dealkylation sites (N-methyl/N-ethyl adjacent to an activating group) is 1. The van der Waals surface area contributed by atoms with Gasteiger partial charge >= 0.3 is 0 Å². The molecule has 4 rings (SSSR count). The predicted octanol–water partition coefficient (Wildman–Crippen LogP) is 3.90. The number of benzene rings is 1. The van der Waals surface area contributed by atoms with Crippen LogP contribution >= 0.6 is 11.6 Å². The van der Waals surface area contributed by atoms with Gasteiger partial charge in [0.2, 0.25) is 0 Å². The molecule has 3 heterocycles. The number of nitrogens with zero attached hydrogens (tertiary/aromatic N) is 4. The van der Waals surface area contributed by atoms with E-state index in [1.54, 1.807) is 30.7 Å². The Balaban J connectivity index is 1.80. The van der Waals surface area contributed by atoms with Gasteiger partial charge < -0.3 is 19.6 Å². The summed E-state index contributed by atoms with van der Waals surface area (Å²) in [7, 11) is 1.90. The van der Waals surface area contributed by atoms with Crippen LogP contribution in [0.2, 0.25) is 5.02 Å². The third kappa shape index (κ3) is 3.83. The molecule has 0 radical (unpaired) electrons. The lowest BCUT2D eigenvalue weighted by Crippen LogP contribution is -2.31. The molecule has 0 atom stereocenters.